The lowest BCUT2D eigenvalue weighted by atomic mass is 10.1. The first-order chi connectivity index (χ1) is 18.4. The number of amides is 1. The lowest BCUT2D eigenvalue weighted by Gasteiger charge is -2.13. The zero-order valence-electron chi connectivity index (χ0n) is 21.4. The van der Waals surface area contributed by atoms with Crippen LogP contribution in [0, 0.1) is 6.92 Å². The van der Waals surface area contributed by atoms with Gasteiger partial charge in [0.15, 0.2) is 17.6 Å². The molecule has 38 heavy (non-hydrogen) atoms. The molecule has 4 aromatic carbocycles. The number of methoxy groups -OCH3 is 1. The monoisotopic (exact) mass is 508 g/mol. The van der Waals surface area contributed by atoms with Crippen molar-refractivity contribution in [3.05, 3.63) is 114 Å². The average molecular weight is 509 g/mol. The molecule has 0 aliphatic carbocycles. The highest BCUT2D eigenvalue weighted by Gasteiger charge is 2.15. The maximum Gasteiger partial charge on any atom is 0.343 e. The molecule has 0 aliphatic rings. The Morgan fingerprint density at radius 2 is 1.53 bits per heavy atom. The second-order valence-corrected chi connectivity index (χ2v) is 8.55. The summed E-state index contributed by atoms with van der Waals surface area (Å²) in [6, 6.07) is 29.6. The van der Waals surface area contributed by atoms with E-state index in [1.165, 1.54) is 13.3 Å². The number of esters is 1. The quantitative estimate of drug-likeness (QED) is 0.134. The normalized spacial score (nSPS) is 11.6. The number of hydrogen-bond donors (Lipinski definition) is 1. The molecule has 1 amide bonds. The molecule has 0 spiro atoms. The number of carbonyl (C=O) groups is 2. The first-order valence-electron chi connectivity index (χ1n) is 12.0. The standard InChI is InChI=1S/C31H28N2O5/c1-21-9-12-26(13-10-21)31(35)38-28-18-11-23(19-29(28)36-3)20-32-33-30(34)22(2)37-27-16-14-25(15-17-27)24-7-5-4-6-8-24/h4-20,22H,1-3H3,(H,33,34)/b32-20-/t22-/m0/s1. The molecule has 4 rings (SSSR count). The van der Waals surface area contributed by atoms with E-state index in [9.17, 15) is 9.59 Å². The molecule has 0 heterocycles. The number of rotatable bonds is 9. The van der Waals surface area contributed by atoms with E-state index in [2.05, 4.69) is 10.5 Å². The van der Waals surface area contributed by atoms with Crippen molar-refractivity contribution in [2.24, 2.45) is 5.10 Å². The molecule has 7 heteroatoms. The lowest BCUT2D eigenvalue weighted by Crippen LogP contribution is -2.33. The third-order valence-electron chi connectivity index (χ3n) is 5.71. The molecular weight excluding hydrogens is 480 g/mol. The highest BCUT2D eigenvalue weighted by molar-refractivity contribution is 5.91. The van der Waals surface area contributed by atoms with Gasteiger partial charge in [0.25, 0.3) is 5.91 Å². The van der Waals surface area contributed by atoms with Crippen molar-refractivity contribution in [1.29, 1.82) is 0 Å². The fourth-order valence-electron chi connectivity index (χ4n) is 3.57. The minimum atomic E-state index is -0.757. The third-order valence-corrected chi connectivity index (χ3v) is 5.71. The Kier molecular flexibility index (Phi) is 8.51. The number of benzene rings is 4. The van der Waals surface area contributed by atoms with E-state index in [0.29, 0.717) is 22.6 Å². The fraction of sp³-hybridized carbons (Fsp3) is 0.129. The minimum absolute atomic E-state index is 0.277. The predicted molar refractivity (Wildman–Crippen MR) is 147 cm³/mol. The van der Waals surface area contributed by atoms with Gasteiger partial charge in [-0.05, 0) is 73.0 Å². The molecule has 0 fully saturated rings. The first-order valence-corrected chi connectivity index (χ1v) is 12.0. The molecular formula is C31H28N2O5. The molecule has 192 valence electrons. The lowest BCUT2D eigenvalue weighted by molar-refractivity contribution is -0.127. The summed E-state index contributed by atoms with van der Waals surface area (Å²) in [4.78, 5) is 24.9. The van der Waals surface area contributed by atoms with Crippen molar-refractivity contribution in [3.63, 3.8) is 0 Å². The highest BCUT2D eigenvalue weighted by atomic mass is 16.6. The molecule has 0 aliphatic heterocycles. The van der Waals surface area contributed by atoms with E-state index in [1.807, 2.05) is 73.7 Å². The van der Waals surface area contributed by atoms with Gasteiger partial charge in [0.2, 0.25) is 0 Å². The van der Waals surface area contributed by atoms with Crippen LogP contribution in [0.15, 0.2) is 102 Å². The van der Waals surface area contributed by atoms with Crippen LogP contribution in [-0.4, -0.2) is 31.3 Å². The minimum Gasteiger partial charge on any atom is -0.493 e. The van der Waals surface area contributed by atoms with Crippen molar-refractivity contribution < 1.29 is 23.8 Å². The van der Waals surface area contributed by atoms with Crippen LogP contribution in [-0.2, 0) is 4.79 Å². The molecule has 0 saturated heterocycles. The van der Waals surface area contributed by atoms with Crippen LogP contribution in [0.5, 0.6) is 17.2 Å². The molecule has 1 atom stereocenters. The second-order valence-electron chi connectivity index (χ2n) is 8.55. The van der Waals surface area contributed by atoms with Gasteiger partial charge < -0.3 is 14.2 Å². The van der Waals surface area contributed by atoms with Gasteiger partial charge in [-0.1, -0.05) is 60.2 Å². The van der Waals surface area contributed by atoms with Crippen molar-refractivity contribution in [2.45, 2.75) is 20.0 Å². The fourth-order valence-corrected chi connectivity index (χ4v) is 3.57. The first kappa shape index (κ1) is 26.2. The molecule has 1 N–H and O–H groups in total. The number of nitrogens with zero attached hydrogens (tertiary/aromatic N) is 1. The van der Waals surface area contributed by atoms with Crippen LogP contribution in [0.4, 0.5) is 0 Å². The van der Waals surface area contributed by atoms with Crippen LogP contribution in [0.2, 0.25) is 0 Å². The van der Waals surface area contributed by atoms with Gasteiger partial charge in [0.05, 0.1) is 18.9 Å². The summed E-state index contributed by atoms with van der Waals surface area (Å²) in [5, 5.41) is 4.01. The topological polar surface area (TPSA) is 86.2 Å². The number of carbonyl (C=O) groups excluding carboxylic acids is 2. The van der Waals surface area contributed by atoms with Gasteiger partial charge in [-0.25, -0.2) is 10.2 Å². The van der Waals surface area contributed by atoms with Crippen molar-refractivity contribution in [1.82, 2.24) is 5.43 Å². The molecule has 4 aromatic rings. The predicted octanol–water partition coefficient (Wildman–Crippen LogP) is 5.81. The largest absolute Gasteiger partial charge is 0.493 e. The van der Waals surface area contributed by atoms with Crippen LogP contribution >= 0.6 is 0 Å². The SMILES string of the molecule is COc1cc(/C=N\NC(=O)[C@H](C)Oc2ccc(-c3ccccc3)cc2)ccc1OC(=O)c1ccc(C)cc1. The summed E-state index contributed by atoms with van der Waals surface area (Å²) in [6.07, 6.45) is 0.709. The number of nitrogens with one attached hydrogen (secondary N) is 1. The molecule has 0 aromatic heterocycles. The zero-order valence-corrected chi connectivity index (χ0v) is 21.4. The second kappa shape index (κ2) is 12.4. The summed E-state index contributed by atoms with van der Waals surface area (Å²) >= 11 is 0. The Morgan fingerprint density at radius 3 is 2.21 bits per heavy atom. The summed E-state index contributed by atoms with van der Waals surface area (Å²) in [5.74, 6) is 0.331. The third kappa shape index (κ3) is 6.85. The molecule has 0 unspecified atom stereocenters. The van der Waals surface area contributed by atoms with E-state index < -0.39 is 18.0 Å². The van der Waals surface area contributed by atoms with Gasteiger partial charge in [0, 0.05) is 0 Å². The van der Waals surface area contributed by atoms with Gasteiger partial charge in [-0.2, -0.15) is 5.10 Å². The van der Waals surface area contributed by atoms with Gasteiger partial charge in [-0.15, -0.1) is 0 Å². The van der Waals surface area contributed by atoms with Crippen molar-refractivity contribution in [2.75, 3.05) is 7.11 Å². The summed E-state index contributed by atoms with van der Waals surface area (Å²) in [7, 11) is 1.48. The Morgan fingerprint density at radius 1 is 0.842 bits per heavy atom. The number of hydrogen-bond acceptors (Lipinski definition) is 6. The molecule has 7 nitrogen and oxygen atoms in total. The average Bonchev–Trinajstić information content (AvgIpc) is 2.94. The van der Waals surface area contributed by atoms with E-state index >= 15 is 0 Å². The van der Waals surface area contributed by atoms with E-state index in [4.69, 9.17) is 14.2 Å². The Balaban J connectivity index is 1.32. The van der Waals surface area contributed by atoms with Crippen LogP contribution in [0.1, 0.15) is 28.4 Å². The summed E-state index contributed by atoms with van der Waals surface area (Å²) in [6.45, 7) is 3.59. The van der Waals surface area contributed by atoms with Gasteiger partial charge in [-0.3, -0.25) is 4.79 Å². The molecule has 0 bridgehead atoms. The highest BCUT2D eigenvalue weighted by Crippen LogP contribution is 2.28. The van der Waals surface area contributed by atoms with E-state index in [1.54, 1.807) is 37.3 Å². The van der Waals surface area contributed by atoms with E-state index in [-0.39, 0.29) is 5.75 Å². The van der Waals surface area contributed by atoms with Crippen LogP contribution in [0.3, 0.4) is 0 Å². The maximum atomic E-state index is 12.4. The number of ether oxygens (including phenoxy) is 3. The number of hydrazone groups is 1. The van der Waals surface area contributed by atoms with Gasteiger partial charge >= 0.3 is 5.97 Å². The Hall–Kier alpha value is -4.91. The van der Waals surface area contributed by atoms with Crippen LogP contribution in [0.25, 0.3) is 11.1 Å². The van der Waals surface area contributed by atoms with Crippen molar-refractivity contribution in [3.8, 4) is 28.4 Å². The van der Waals surface area contributed by atoms with Crippen LogP contribution < -0.4 is 19.6 Å². The number of aryl methyl sites for hydroxylation is 1. The Labute approximate surface area is 221 Å². The Bertz CT molecular complexity index is 1420. The smallest absolute Gasteiger partial charge is 0.343 e. The molecule has 0 saturated carbocycles. The van der Waals surface area contributed by atoms with E-state index in [0.717, 1.165) is 16.7 Å². The van der Waals surface area contributed by atoms with Gasteiger partial charge in [0.1, 0.15) is 5.75 Å². The zero-order chi connectivity index (χ0) is 26.9. The molecule has 0 radical (unpaired) electrons. The maximum absolute atomic E-state index is 12.4. The summed E-state index contributed by atoms with van der Waals surface area (Å²) < 4.78 is 16.6. The van der Waals surface area contributed by atoms with Crippen molar-refractivity contribution >= 4 is 18.1 Å². The summed E-state index contributed by atoms with van der Waals surface area (Å²) in [5.41, 5.74) is 6.77.